The van der Waals surface area contributed by atoms with E-state index in [1.54, 1.807) is 0 Å². The molecule has 1 amide bonds. The van der Waals surface area contributed by atoms with E-state index in [0.717, 1.165) is 22.3 Å². The van der Waals surface area contributed by atoms with Gasteiger partial charge in [0, 0.05) is 17.7 Å². The first-order valence-electron chi connectivity index (χ1n) is 9.36. The van der Waals surface area contributed by atoms with E-state index in [2.05, 4.69) is 34.3 Å². The summed E-state index contributed by atoms with van der Waals surface area (Å²) in [4.78, 5) is 26.4. The van der Waals surface area contributed by atoms with Crippen molar-refractivity contribution in [3.63, 3.8) is 0 Å². The van der Waals surface area contributed by atoms with Gasteiger partial charge in [-0.2, -0.15) is 4.39 Å². The second kappa shape index (κ2) is 8.58. The highest BCUT2D eigenvalue weighted by molar-refractivity contribution is 5.80. The number of benzene rings is 2. The number of pyridine rings is 1. The number of alkyl carbamates (subject to hydrolysis) is 1. The standard InChI is InChI=1S/C24H17FN2O3/c25-23-21(14-28)16(11-13-26-23)6-5-12-27-24(29)30-15-22-19-9-3-1-7-17(19)18-8-2-4-10-20(18)22/h1-4,7-11,13-14,22H,12,15H2,(H,27,29). The number of carbonyl (C=O) groups is 2. The fraction of sp³-hybridized carbons (Fsp3) is 0.125. The van der Waals surface area contributed by atoms with Crippen LogP contribution < -0.4 is 5.32 Å². The third-order valence-corrected chi connectivity index (χ3v) is 4.95. The first-order chi connectivity index (χ1) is 14.7. The fourth-order valence-corrected chi connectivity index (χ4v) is 3.57. The Kier molecular flexibility index (Phi) is 5.53. The van der Waals surface area contributed by atoms with Gasteiger partial charge in [-0.25, -0.2) is 9.78 Å². The van der Waals surface area contributed by atoms with Crippen molar-refractivity contribution in [2.45, 2.75) is 5.92 Å². The minimum absolute atomic E-state index is 0.00108. The molecule has 4 rings (SSSR count). The van der Waals surface area contributed by atoms with Crippen LogP contribution in [-0.4, -0.2) is 30.5 Å². The summed E-state index contributed by atoms with van der Waals surface area (Å²) in [5.41, 5.74) is 4.59. The highest BCUT2D eigenvalue weighted by Crippen LogP contribution is 2.44. The number of amides is 1. The van der Waals surface area contributed by atoms with E-state index >= 15 is 0 Å². The molecule has 0 saturated carbocycles. The SMILES string of the molecule is O=Cc1c(C#CCNC(=O)OCC2c3ccccc3-c3ccccc32)ccnc1F. The summed E-state index contributed by atoms with van der Waals surface area (Å²) in [6.45, 7) is 0.205. The van der Waals surface area contributed by atoms with Crippen LogP contribution in [0.1, 0.15) is 33.0 Å². The zero-order valence-electron chi connectivity index (χ0n) is 15.9. The topological polar surface area (TPSA) is 68.3 Å². The Hall–Kier alpha value is -3.98. The zero-order chi connectivity index (χ0) is 20.9. The summed E-state index contributed by atoms with van der Waals surface area (Å²) < 4.78 is 18.9. The molecule has 0 saturated heterocycles. The van der Waals surface area contributed by atoms with Gasteiger partial charge in [-0.3, -0.25) is 4.79 Å². The van der Waals surface area contributed by atoms with Crippen LogP contribution in [0, 0.1) is 17.8 Å². The molecule has 5 nitrogen and oxygen atoms in total. The lowest BCUT2D eigenvalue weighted by molar-refractivity contribution is 0.111. The average molecular weight is 400 g/mol. The Bertz CT molecular complexity index is 1130. The van der Waals surface area contributed by atoms with Crippen molar-refractivity contribution in [1.82, 2.24) is 10.3 Å². The number of ether oxygens (including phenoxy) is 1. The summed E-state index contributed by atoms with van der Waals surface area (Å²) in [7, 11) is 0. The van der Waals surface area contributed by atoms with Gasteiger partial charge in [-0.15, -0.1) is 0 Å². The van der Waals surface area contributed by atoms with Crippen molar-refractivity contribution < 1.29 is 18.7 Å². The highest BCUT2D eigenvalue weighted by atomic mass is 19.1. The number of aldehydes is 1. The Morgan fingerprint density at radius 1 is 1.10 bits per heavy atom. The largest absolute Gasteiger partial charge is 0.449 e. The molecule has 1 heterocycles. The van der Waals surface area contributed by atoms with Crippen LogP contribution in [0.15, 0.2) is 60.8 Å². The molecule has 1 aliphatic carbocycles. The second-order valence-electron chi connectivity index (χ2n) is 6.66. The number of nitrogens with one attached hydrogen (secondary N) is 1. The Morgan fingerprint density at radius 2 is 1.77 bits per heavy atom. The molecule has 1 N–H and O–H groups in total. The molecule has 2 aromatic carbocycles. The van der Waals surface area contributed by atoms with Crippen LogP contribution in [0.4, 0.5) is 9.18 Å². The Balaban J connectivity index is 1.37. The first-order valence-corrected chi connectivity index (χ1v) is 9.36. The van der Waals surface area contributed by atoms with E-state index in [1.807, 2.05) is 36.4 Å². The third kappa shape index (κ3) is 3.78. The van der Waals surface area contributed by atoms with Gasteiger partial charge in [0.2, 0.25) is 5.95 Å². The summed E-state index contributed by atoms with van der Waals surface area (Å²) in [5, 5.41) is 2.54. The fourth-order valence-electron chi connectivity index (χ4n) is 3.57. The summed E-state index contributed by atoms with van der Waals surface area (Å²) >= 11 is 0. The molecule has 1 aromatic heterocycles. The van der Waals surface area contributed by atoms with Gasteiger partial charge in [0.15, 0.2) is 6.29 Å². The van der Waals surface area contributed by atoms with Gasteiger partial charge in [0.25, 0.3) is 0 Å². The van der Waals surface area contributed by atoms with E-state index in [1.165, 1.54) is 12.3 Å². The lowest BCUT2D eigenvalue weighted by Crippen LogP contribution is -2.26. The Labute approximate surface area is 172 Å². The summed E-state index contributed by atoms with van der Waals surface area (Å²) in [6, 6.07) is 17.6. The summed E-state index contributed by atoms with van der Waals surface area (Å²) in [5.74, 6) is 4.43. The molecule has 0 bridgehead atoms. The number of rotatable bonds is 4. The quantitative estimate of drug-likeness (QED) is 0.409. The number of carbonyl (C=O) groups excluding carboxylic acids is 2. The molecular weight excluding hydrogens is 383 g/mol. The van der Waals surface area contributed by atoms with Crippen LogP contribution in [-0.2, 0) is 4.74 Å². The Morgan fingerprint density at radius 3 is 2.43 bits per heavy atom. The number of hydrogen-bond donors (Lipinski definition) is 1. The maximum absolute atomic E-state index is 13.4. The predicted octanol–water partition coefficient (Wildman–Crippen LogP) is 3.92. The van der Waals surface area contributed by atoms with E-state index < -0.39 is 12.0 Å². The number of fused-ring (bicyclic) bond motifs is 3. The lowest BCUT2D eigenvalue weighted by atomic mass is 9.98. The smallest absolute Gasteiger partial charge is 0.407 e. The van der Waals surface area contributed by atoms with Crippen molar-refractivity contribution >= 4 is 12.4 Å². The van der Waals surface area contributed by atoms with Crippen molar-refractivity contribution in [3.8, 4) is 23.0 Å². The van der Waals surface area contributed by atoms with E-state index in [-0.39, 0.29) is 30.2 Å². The second-order valence-corrected chi connectivity index (χ2v) is 6.66. The van der Waals surface area contributed by atoms with Crippen LogP contribution in [0.25, 0.3) is 11.1 Å². The molecule has 0 radical (unpaired) electrons. The molecule has 6 heteroatoms. The highest BCUT2D eigenvalue weighted by Gasteiger charge is 2.28. The minimum atomic E-state index is -0.874. The molecule has 148 valence electrons. The van der Waals surface area contributed by atoms with Crippen LogP contribution in [0.2, 0.25) is 0 Å². The number of halogens is 1. The van der Waals surface area contributed by atoms with Gasteiger partial charge >= 0.3 is 6.09 Å². The predicted molar refractivity (Wildman–Crippen MR) is 110 cm³/mol. The number of aromatic nitrogens is 1. The lowest BCUT2D eigenvalue weighted by Gasteiger charge is -2.14. The van der Waals surface area contributed by atoms with Crippen LogP contribution in [0.3, 0.4) is 0 Å². The number of hydrogen-bond acceptors (Lipinski definition) is 4. The van der Waals surface area contributed by atoms with Crippen molar-refractivity contribution in [1.29, 1.82) is 0 Å². The zero-order valence-corrected chi connectivity index (χ0v) is 15.9. The van der Waals surface area contributed by atoms with E-state index in [9.17, 15) is 14.0 Å². The normalized spacial score (nSPS) is 11.6. The van der Waals surface area contributed by atoms with Gasteiger partial charge in [-0.05, 0) is 28.3 Å². The third-order valence-electron chi connectivity index (χ3n) is 4.95. The molecule has 3 aromatic rings. The minimum Gasteiger partial charge on any atom is -0.449 e. The van der Waals surface area contributed by atoms with Crippen LogP contribution >= 0.6 is 0 Å². The molecule has 0 aliphatic heterocycles. The molecule has 1 aliphatic rings. The first kappa shape index (κ1) is 19.3. The maximum Gasteiger partial charge on any atom is 0.407 e. The average Bonchev–Trinajstić information content (AvgIpc) is 3.09. The van der Waals surface area contributed by atoms with E-state index in [4.69, 9.17) is 4.74 Å². The molecule has 0 fully saturated rings. The van der Waals surface area contributed by atoms with Crippen molar-refractivity contribution in [2.75, 3.05) is 13.2 Å². The number of nitrogens with zero attached hydrogens (tertiary/aromatic N) is 1. The monoisotopic (exact) mass is 400 g/mol. The van der Waals surface area contributed by atoms with Gasteiger partial charge in [0.1, 0.15) is 6.61 Å². The maximum atomic E-state index is 13.4. The molecular formula is C24H17FN2O3. The van der Waals surface area contributed by atoms with Gasteiger partial charge < -0.3 is 10.1 Å². The molecule has 30 heavy (non-hydrogen) atoms. The molecule has 0 spiro atoms. The van der Waals surface area contributed by atoms with Crippen molar-refractivity contribution in [3.05, 3.63) is 89.0 Å². The summed E-state index contributed by atoms with van der Waals surface area (Å²) in [6.07, 6.45) is 0.999. The molecule has 0 unspecified atom stereocenters. The van der Waals surface area contributed by atoms with Crippen molar-refractivity contribution in [2.24, 2.45) is 0 Å². The van der Waals surface area contributed by atoms with Gasteiger partial charge in [-0.1, -0.05) is 60.4 Å². The molecule has 0 atom stereocenters. The van der Waals surface area contributed by atoms with Gasteiger partial charge in [0.05, 0.1) is 12.1 Å². The van der Waals surface area contributed by atoms with E-state index in [0.29, 0.717) is 6.29 Å². The van der Waals surface area contributed by atoms with Crippen LogP contribution in [0.5, 0.6) is 0 Å².